The summed E-state index contributed by atoms with van der Waals surface area (Å²) in [7, 11) is 3.50. The number of aromatic nitrogens is 1. The number of nitrogens with one attached hydrogen (secondary N) is 3. The zero-order valence-corrected chi connectivity index (χ0v) is 18.3. The van der Waals surface area contributed by atoms with Crippen molar-refractivity contribution >= 4 is 40.8 Å². The molecule has 0 atom stereocenters. The molecule has 3 N–H and O–H groups in total. The number of hydrogen-bond donors (Lipinski definition) is 3. The first-order chi connectivity index (χ1) is 12.7. The number of para-hydroxylation sites is 1. The zero-order chi connectivity index (χ0) is 18.4. The van der Waals surface area contributed by atoms with Gasteiger partial charge in [0.2, 0.25) is 0 Å². The minimum absolute atomic E-state index is 0. The predicted molar refractivity (Wildman–Crippen MR) is 123 cm³/mol. The number of hydrogen-bond acceptors (Lipinski definition) is 2. The number of halogens is 1. The lowest BCUT2D eigenvalue weighted by Crippen LogP contribution is -2.37. The Balaban J connectivity index is 0.00000261. The second-order valence-corrected chi connectivity index (χ2v) is 6.29. The number of rotatable bonds is 6. The monoisotopic (exact) mass is 478 g/mol. The molecule has 0 saturated heterocycles. The molecule has 0 bridgehead atoms. The van der Waals surface area contributed by atoms with E-state index in [-0.39, 0.29) is 24.0 Å². The SMILES string of the molecule is CN=C(NCCc1ccc(C)c(OC)c1)NCc1cc2ccccc2[nH]1.I. The minimum Gasteiger partial charge on any atom is -0.496 e. The van der Waals surface area contributed by atoms with Crippen molar-refractivity contribution in [1.82, 2.24) is 15.6 Å². The number of nitrogens with zero attached hydrogens (tertiary/aromatic N) is 1. The van der Waals surface area contributed by atoms with E-state index < -0.39 is 0 Å². The number of ether oxygens (including phenoxy) is 1. The maximum Gasteiger partial charge on any atom is 0.191 e. The van der Waals surface area contributed by atoms with Crippen LogP contribution in [0.25, 0.3) is 10.9 Å². The molecule has 0 spiro atoms. The molecule has 6 heteroatoms. The van der Waals surface area contributed by atoms with Gasteiger partial charge in [0.1, 0.15) is 5.75 Å². The van der Waals surface area contributed by atoms with Crippen LogP contribution in [-0.2, 0) is 13.0 Å². The van der Waals surface area contributed by atoms with Gasteiger partial charge < -0.3 is 20.4 Å². The molecule has 27 heavy (non-hydrogen) atoms. The summed E-state index contributed by atoms with van der Waals surface area (Å²) < 4.78 is 5.39. The van der Waals surface area contributed by atoms with E-state index >= 15 is 0 Å². The molecule has 0 fully saturated rings. The molecule has 0 aliphatic heterocycles. The van der Waals surface area contributed by atoms with Gasteiger partial charge in [0.25, 0.3) is 0 Å². The molecule has 1 aromatic heterocycles. The van der Waals surface area contributed by atoms with Crippen LogP contribution in [0.5, 0.6) is 5.75 Å². The highest BCUT2D eigenvalue weighted by molar-refractivity contribution is 14.0. The van der Waals surface area contributed by atoms with Crippen molar-refractivity contribution in [3.8, 4) is 5.75 Å². The predicted octanol–water partition coefficient (Wildman–Crippen LogP) is 4.01. The molecule has 144 valence electrons. The fraction of sp³-hybridized carbons (Fsp3) is 0.286. The van der Waals surface area contributed by atoms with Crippen molar-refractivity contribution in [2.45, 2.75) is 19.9 Å². The Morgan fingerprint density at radius 3 is 2.67 bits per heavy atom. The van der Waals surface area contributed by atoms with Crippen molar-refractivity contribution in [3.63, 3.8) is 0 Å². The van der Waals surface area contributed by atoms with E-state index in [2.05, 4.69) is 63.9 Å². The van der Waals surface area contributed by atoms with Crippen molar-refractivity contribution in [3.05, 3.63) is 65.4 Å². The fourth-order valence-corrected chi connectivity index (χ4v) is 2.97. The Bertz CT molecular complexity index is 871. The van der Waals surface area contributed by atoms with Crippen LogP contribution in [0.4, 0.5) is 0 Å². The molecular weight excluding hydrogens is 451 g/mol. The van der Waals surface area contributed by atoms with Crippen LogP contribution in [0.2, 0.25) is 0 Å². The molecule has 5 nitrogen and oxygen atoms in total. The maximum atomic E-state index is 5.39. The van der Waals surface area contributed by atoms with Gasteiger partial charge >= 0.3 is 0 Å². The van der Waals surface area contributed by atoms with E-state index in [1.807, 2.05) is 12.1 Å². The van der Waals surface area contributed by atoms with E-state index in [1.54, 1.807) is 14.2 Å². The highest BCUT2D eigenvalue weighted by atomic mass is 127. The average Bonchev–Trinajstić information content (AvgIpc) is 3.08. The molecule has 1 heterocycles. The van der Waals surface area contributed by atoms with Gasteiger partial charge in [-0.1, -0.05) is 30.3 Å². The second kappa shape index (κ2) is 10.2. The van der Waals surface area contributed by atoms with Crippen LogP contribution in [0.3, 0.4) is 0 Å². The van der Waals surface area contributed by atoms with Crippen molar-refractivity contribution in [2.24, 2.45) is 4.99 Å². The standard InChI is InChI=1S/C21H26N4O.HI/c1-15-8-9-16(12-20(15)26-3)10-11-23-21(22-2)24-14-18-13-17-6-4-5-7-19(17)25-18;/h4-9,12-13,25H,10-11,14H2,1-3H3,(H2,22,23,24);1H. The zero-order valence-electron chi connectivity index (χ0n) is 16.0. The quantitative estimate of drug-likeness (QED) is 0.285. The summed E-state index contributed by atoms with van der Waals surface area (Å²) in [5.74, 6) is 1.73. The van der Waals surface area contributed by atoms with E-state index in [1.165, 1.54) is 10.9 Å². The third-order valence-corrected chi connectivity index (χ3v) is 4.43. The lowest BCUT2D eigenvalue weighted by Gasteiger charge is -2.12. The molecule has 0 amide bonds. The Morgan fingerprint density at radius 1 is 1.11 bits per heavy atom. The van der Waals surface area contributed by atoms with Crippen molar-refractivity contribution in [2.75, 3.05) is 20.7 Å². The Hall–Kier alpha value is -2.22. The molecule has 0 aliphatic rings. The summed E-state index contributed by atoms with van der Waals surface area (Å²) in [6, 6.07) is 16.8. The van der Waals surface area contributed by atoms with Gasteiger partial charge in [-0.15, -0.1) is 24.0 Å². The van der Waals surface area contributed by atoms with Crippen LogP contribution < -0.4 is 15.4 Å². The smallest absolute Gasteiger partial charge is 0.191 e. The van der Waals surface area contributed by atoms with Gasteiger partial charge in [-0.25, -0.2) is 0 Å². The van der Waals surface area contributed by atoms with Crippen LogP contribution in [0.1, 0.15) is 16.8 Å². The molecule has 0 unspecified atom stereocenters. The average molecular weight is 478 g/mol. The molecule has 0 saturated carbocycles. The van der Waals surface area contributed by atoms with Crippen LogP contribution >= 0.6 is 24.0 Å². The fourth-order valence-electron chi connectivity index (χ4n) is 2.97. The molecule has 0 aliphatic carbocycles. The Morgan fingerprint density at radius 2 is 1.93 bits per heavy atom. The number of guanidine groups is 1. The summed E-state index contributed by atoms with van der Waals surface area (Å²) in [6.45, 7) is 3.56. The van der Waals surface area contributed by atoms with E-state index in [0.29, 0.717) is 6.54 Å². The highest BCUT2D eigenvalue weighted by Gasteiger charge is 2.03. The number of aliphatic imine (C=N–C) groups is 1. The Kier molecular flexibility index (Phi) is 7.97. The molecule has 3 aromatic rings. The normalized spacial score (nSPS) is 11.1. The summed E-state index contributed by atoms with van der Waals surface area (Å²) >= 11 is 0. The van der Waals surface area contributed by atoms with Crippen molar-refractivity contribution in [1.29, 1.82) is 0 Å². The summed E-state index contributed by atoms with van der Waals surface area (Å²) in [4.78, 5) is 7.71. The molecule has 2 aromatic carbocycles. The van der Waals surface area contributed by atoms with Gasteiger partial charge in [0, 0.05) is 24.8 Å². The lowest BCUT2D eigenvalue weighted by molar-refractivity contribution is 0.411. The second-order valence-electron chi connectivity index (χ2n) is 6.29. The number of fused-ring (bicyclic) bond motifs is 1. The number of H-pyrrole nitrogens is 1. The third-order valence-electron chi connectivity index (χ3n) is 4.43. The first kappa shape index (κ1) is 21.1. The van der Waals surface area contributed by atoms with Crippen LogP contribution in [0, 0.1) is 6.92 Å². The molecule has 3 rings (SSSR count). The summed E-state index contributed by atoms with van der Waals surface area (Å²) in [6.07, 6.45) is 0.906. The van der Waals surface area contributed by atoms with Gasteiger partial charge in [-0.3, -0.25) is 4.99 Å². The summed E-state index contributed by atoms with van der Waals surface area (Å²) in [5, 5.41) is 7.93. The van der Waals surface area contributed by atoms with E-state index in [0.717, 1.165) is 41.4 Å². The third kappa shape index (κ3) is 5.63. The van der Waals surface area contributed by atoms with Crippen molar-refractivity contribution < 1.29 is 4.74 Å². The topological polar surface area (TPSA) is 61.4 Å². The Labute approximate surface area is 177 Å². The number of aromatic amines is 1. The van der Waals surface area contributed by atoms with Gasteiger partial charge in [0.15, 0.2) is 5.96 Å². The minimum atomic E-state index is 0. The summed E-state index contributed by atoms with van der Waals surface area (Å²) in [5.41, 5.74) is 4.68. The number of benzene rings is 2. The molecule has 0 radical (unpaired) electrons. The first-order valence-electron chi connectivity index (χ1n) is 8.84. The van der Waals surface area contributed by atoms with Gasteiger partial charge in [-0.2, -0.15) is 0 Å². The maximum absolute atomic E-state index is 5.39. The molecular formula is C21H27IN4O. The number of methoxy groups -OCH3 is 1. The highest BCUT2D eigenvalue weighted by Crippen LogP contribution is 2.19. The van der Waals surface area contributed by atoms with Crippen LogP contribution in [0.15, 0.2) is 53.5 Å². The van der Waals surface area contributed by atoms with E-state index in [9.17, 15) is 0 Å². The largest absolute Gasteiger partial charge is 0.496 e. The number of aryl methyl sites for hydroxylation is 1. The van der Waals surface area contributed by atoms with E-state index in [4.69, 9.17) is 4.74 Å². The lowest BCUT2D eigenvalue weighted by atomic mass is 10.1. The van der Waals surface area contributed by atoms with Gasteiger partial charge in [0.05, 0.1) is 13.7 Å². The first-order valence-corrected chi connectivity index (χ1v) is 8.84. The van der Waals surface area contributed by atoms with Crippen LogP contribution in [-0.4, -0.2) is 31.6 Å². The van der Waals surface area contributed by atoms with Gasteiger partial charge in [-0.05, 0) is 48.1 Å².